The molecule has 1 amide bonds. The highest BCUT2D eigenvalue weighted by Crippen LogP contribution is 2.24. The molecule has 154 valence electrons. The highest BCUT2D eigenvalue weighted by molar-refractivity contribution is 7.92. The number of hydrogen-bond donors (Lipinski definition) is 1. The molecule has 3 aromatic carbocycles. The number of nitrogens with zero attached hydrogens (tertiary/aromatic N) is 2. The smallest absolute Gasteiger partial charge is 0.267 e. The van der Waals surface area contributed by atoms with Crippen molar-refractivity contribution in [1.29, 1.82) is 0 Å². The van der Waals surface area contributed by atoms with Crippen molar-refractivity contribution >= 4 is 39.4 Å². The molecule has 0 fully saturated rings. The van der Waals surface area contributed by atoms with Crippen LogP contribution in [0.3, 0.4) is 0 Å². The predicted octanol–water partition coefficient (Wildman–Crippen LogP) is 4.07. The van der Waals surface area contributed by atoms with E-state index in [1.165, 1.54) is 4.31 Å². The van der Waals surface area contributed by atoms with E-state index in [0.717, 1.165) is 11.8 Å². The molecule has 0 saturated heterocycles. The second-order valence-corrected chi connectivity index (χ2v) is 8.83. The van der Waals surface area contributed by atoms with E-state index in [-0.39, 0.29) is 6.54 Å². The largest absolute Gasteiger partial charge is 0.271 e. The van der Waals surface area contributed by atoms with E-state index in [2.05, 4.69) is 10.5 Å². The second kappa shape index (κ2) is 9.56. The van der Waals surface area contributed by atoms with Crippen LogP contribution in [-0.2, 0) is 16.6 Å². The fourth-order valence-corrected chi connectivity index (χ4v) is 3.80. The van der Waals surface area contributed by atoms with Crippen LogP contribution < -0.4 is 9.73 Å². The normalized spacial score (nSPS) is 11.4. The Labute approximate surface area is 180 Å². The molecule has 0 spiro atoms. The molecule has 0 atom stereocenters. The van der Waals surface area contributed by atoms with Gasteiger partial charge in [-0.3, -0.25) is 9.10 Å². The standard InChI is InChI=1S/C22H20ClN3O3S/c1-30(28,29)26(16-19-9-5-6-10-21(19)23)20-13-11-18(12-14-20)22(27)25-24-15-17-7-3-2-4-8-17/h2-15H,16H2,1H3,(H,25,27)/b24-15-. The summed E-state index contributed by atoms with van der Waals surface area (Å²) in [6.45, 7) is 0.0887. The molecule has 0 aliphatic heterocycles. The molecule has 0 unspecified atom stereocenters. The van der Waals surface area contributed by atoms with Gasteiger partial charge in [-0.05, 0) is 41.5 Å². The SMILES string of the molecule is CS(=O)(=O)N(Cc1ccccc1Cl)c1ccc(C(=O)N/N=C\c2ccccc2)cc1. The molecule has 3 rings (SSSR count). The summed E-state index contributed by atoms with van der Waals surface area (Å²) < 4.78 is 25.9. The van der Waals surface area contributed by atoms with E-state index in [1.54, 1.807) is 54.7 Å². The first kappa shape index (κ1) is 21.5. The maximum atomic E-state index is 12.3. The average molecular weight is 442 g/mol. The van der Waals surface area contributed by atoms with Crippen molar-refractivity contribution in [1.82, 2.24) is 5.43 Å². The highest BCUT2D eigenvalue weighted by Gasteiger charge is 2.19. The molecular formula is C22H20ClN3O3S. The molecule has 0 aromatic heterocycles. The van der Waals surface area contributed by atoms with Gasteiger partial charge in [0.1, 0.15) is 0 Å². The van der Waals surface area contributed by atoms with Crippen molar-refractivity contribution in [2.24, 2.45) is 5.10 Å². The van der Waals surface area contributed by atoms with Gasteiger partial charge in [0.15, 0.2) is 0 Å². The first-order valence-corrected chi connectivity index (χ1v) is 11.3. The predicted molar refractivity (Wildman–Crippen MR) is 120 cm³/mol. The summed E-state index contributed by atoms with van der Waals surface area (Å²) in [6.07, 6.45) is 2.67. The van der Waals surface area contributed by atoms with Crippen LogP contribution in [0.2, 0.25) is 5.02 Å². The van der Waals surface area contributed by atoms with Gasteiger partial charge in [0.25, 0.3) is 5.91 Å². The molecule has 0 aliphatic rings. The molecule has 0 bridgehead atoms. The van der Waals surface area contributed by atoms with E-state index in [9.17, 15) is 13.2 Å². The lowest BCUT2D eigenvalue weighted by molar-refractivity contribution is 0.0955. The van der Waals surface area contributed by atoms with E-state index >= 15 is 0 Å². The van der Waals surface area contributed by atoms with Crippen molar-refractivity contribution in [2.75, 3.05) is 10.6 Å². The number of carbonyl (C=O) groups excluding carboxylic acids is 1. The Bertz CT molecular complexity index is 1150. The Morgan fingerprint density at radius 1 is 1.00 bits per heavy atom. The van der Waals surface area contributed by atoms with E-state index in [0.29, 0.717) is 21.8 Å². The Kier molecular flexibility index (Phi) is 6.87. The maximum Gasteiger partial charge on any atom is 0.271 e. The van der Waals surface area contributed by atoms with E-state index in [1.807, 2.05) is 30.3 Å². The zero-order valence-corrected chi connectivity index (χ0v) is 17.8. The molecule has 8 heteroatoms. The fourth-order valence-electron chi connectivity index (χ4n) is 2.73. The van der Waals surface area contributed by atoms with Crippen molar-refractivity contribution in [3.05, 3.63) is 101 Å². The summed E-state index contributed by atoms with van der Waals surface area (Å²) in [4.78, 5) is 12.3. The molecule has 0 aliphatic carbocycles. The monoisotopic (exact) mass is 441 g/mol. The summed E-state index contributed by atoms with van der Waals surface area (Å²) in [7, 11) is -3.56. The van der Waals surface area contributed by atoms with Gasteiger partial charge in [-0.25, -0.2) is 13.8 Å². The highest BCUT2D eigenvalue weighted by atomic mass is 35.5. The van der Waals surface area contributed by atoms with Gasteiger partial charge < -0.3 is 0 Å². The zero-order chi connectivity index (χ0) is 21.6. The van der Waals surface area contributed by atoms with E-state index in [4.69, 9.17) is 11.6 Å². The third-order valence-corrected chi connectivity index (χ3v) is 5.78. The van der Waals surface area contributed by atoms with Crippen LogP contribution in [0.1, 0.15) is 21.5 Å². The Hall–Kier alpha value is -3.16. The summed E-state index contributed by atoms with van der Waals surface area (Å²) >= 11 is 6.18. The number of amides is 1. The third-order valence-electron chi connectivity index (χ3n) is 4.27. The number of hydrazone groups is 1. The lowest BCUT2D eigenvalue weighted by Gasteiger charge is -2.23. The molecule has 3 aromatic rings. The van der Waals surface area contributed by atoms with Gasteiger partial charge >= 0.3 is 0 Å². The Balaban J connectivity index is 1.74. The number of nitrogens with one attached hydrogen (secondary N) is 1. The van der Waals surface area contributed by atoms with Crippen molar-refractivity contribution in [2.45, 2.75) is 6.54 Å². The number of halogens is 1. The number of carbonyl (C=O) groups is 1. The molecule has 0 saturated carbocycles. The maximum absolute atomic E-state index is 12.3. The molecule has 6 nitrogen and oxygen atoms in total. The van der Waals surface area contributed by atoms with Crippen molar-refractivity contribution in [3.63, 3.8) is 0 Å². The lowest BCUT2D eigenvalue weighted by Crippen LogP contribution is -2.29. The molecule has 1 N–H and O–H groups in total. The summed E-state index contributed by atoms with van der Waals surface area (Å²) in [5.41, 5.74) is 4.78. The molecule has 0 radical (unpaired) electrons. The molecular weight excluding hydrogens is 422 g/mol. The molecule has 0 heterocycles. The average Bonchev–Trinajstić information content (AvgIpc) is 2.73. The van der Waals surface area contributed by atoms with Gasteiger partial charge in [0.2, 0.25) is 10.0 Å². The van der Waals surface area contributed by atoms with Crippen LogP contribution in [0.5, 0.6) is 0 Å². The van der Waals surface area contributed by atoms with Gasteiger partial charge in [-0.2, -0.15) is 5.10 Å². The lowest BCUT2D eigenvalue weighted by atomic mass is 10.2. The number of benzene rings is 3. The number of rotatable bonds is 7. The first-order valence-electron chi connectivity index (χ1n) is 9.04. The Morgan fingerprint density at radius 3 is 2.27 bits per heavy atom. The van der Waals surface area contributed by atoms with Gasteiger partial charge in [-0.15, -0.1) is 0 Å². The van der Waals surface area contributed by atoms with Crippen LogP contribution >= 0.6 is 11.6 Å². The minimum Gasteiger partial charge on any atom is -0.267 e. The van der Waals surface area contributed by atoms with Crippen molar-refractivity contribution in [3.8, 4) is 0 Å². The fraction of sp³-hybridized carbons (Fsp3) is 0.0909. The van der Waals surface area contributed by atoms with Crippen LogP contribution in [0.25, 0.3) is 0 Å². The Morgan fingerprint density at radius 2 is 1.63 bits per heavy atom. The third kappa shape index (κ3) is 5.68. The van der Waals surface area contributed by atoms with Crippen LogP contribution in [0.4, 0.5) is 5.69 Å². The van der Waals surface area contributed by atoms with Crippen LogP contribution in [0, 0.1) is 0 Å². The first-order chi connectivity index (χ1) is 14.3. The summed E-state index contributed by atoms with van der Waals surface area (Å²) in [5, 5.41) is 4.42. The number of anilines is 1. The van der Waals surface area contributed by atoms with E-state index < -0.39 is 15.9 Å². The zero-order valence-electron chi connectivity index (χ0n) is 16.2. The van der Waals surface area contributed by atoms with Gasteiger partial charge in [-0.1, -0.05) is 60.1 Å². The summed E-state index contributed by atoms with van der Waals surface area (Å²) in [5.74, 6) is -0.397. The van der Waals surface area contributed by atoms with Gasteiger partial charge in [0.05, 0.1) is 24.7 Å². The quantitative estimate of drug-likeness (QED) is 0.443. The van der Waals surface area contributed by atoms with Gasteiger partial charge in [0, 0.05) is 10.6 Å². The molecule has 30 heavy (non-hydrogen) atoms. The van der Waals surface area contributed by atoms with Crippen LogP contribution in [0.15, 0.2) is 84.0 Å². The summed E-state index contributed by atoms with van der Waals surface area (Å²) in [6, 6.07) is 22.7. The van der Waals surface area contributed by atoms with Crippen LogP contribution in [-0.4, -0.2) is 26.8 Å². The second-order valence-electron chi connectivity index (χ2n) is 6.52. The number of sulfonamides is 1. The topological polar surface area (TPSA) is 78.8 Å². The number of hydrogen-bond acceptors (Lipinski definition) is 4. The van der Waals surface area contributed by atoms with Crippen molar-refractivity contribution < 1.29 is 13.2 Å². The minimum absolute atomic E-state index is 0.0887. The minimum atomic E-state index is -3.56.